The molecular weight excluding hydrogens is 392 g/mol. The highest BCUT2D eigenvalue weighted by molar-refractivity contribution is 7.09. The lowest BCUT2D eigenvalue weighted by atomic mass is 10.0. The van der Waals surface area contributed by atoms with Crippen molar-refractivity contribution in [1.82, 2.24) is 10.6 Å². The summed E-state index contributed by atoms with van der Waals surface area (Å²) in [6.45, 7) is -0.264. The highest BCUT2D eigenvalue weighted by Crippen LogP contribution is 2.23. The van der Waals surface area contributed by atoms with E-state index in [-0.39, 0.29) is 18.6 Å². The zero-order valence-corrected chi connectivity index (χ0v) is 16.7. The Kier molecular flexibility index (Phi) is 7.13. The molecule has 0 bridgehead atoms. The third-order valence-electron chi connectivity index (χ3n) is 4.60. The van der Waals surface area contributed by atoms with Crippen molar-refractivity contribution in [2.45, 2.75) is 38.6 Å². The lowest BCUT2D eigenvalue weighted by Gasteiger charge is -2.07. The number of fused-ring (bicyclic) bond motifs is 1. The molecule has 1 heterocycles. The summed E-state index contributed by atoms with van der Waals surface area (Å²) in [7, 11) is 0. The van der Waals surface area contributed by atoms with E-state index in [9.17, 15) is 19.2 Å². The van der Waals surface area contributed by atoms with E-state index in [0.717, 1.165) is 24.1 Å². The van der Waals surface area contributed by atoms with Crippen LogP contribution < -0.4 is 10.6 Å². The second-order valence-corrected chi connectivity index (χ2v) is 7.76. The number of esters is 1. The average Bonchev–Trinajstić information content (AvgIpc) is 3.39. The van der Waals surface area contributed by atoms with E-state index >= 15 is 0 Å². The number of hydrogen-bond donors (Lipinski definition) is 2. The first kappa shape index (κ1) is 20.7. The minimum atomic E-state index is -0.730. The van der Waals surface area contributed by atoms with E-state index in [2.05, 4.69) is 10.6 Å². The van der Waals surface area contributed by atoms with Crippen molar-refractivity contribution in [1.29, 1.82) is 0 Å². The molecule has 1 aromatic carbocycles. The standard InChI is InChI=1S/C21H22N2O5S/c24-18(16-7-6-14-3-1-4-15(14)11-16)8-9-20(26)28-13-19(25)23-21(27)22-12-17-5-2-10-29-17/h2,5-7,10-11H,1,3-4,8-9,12-13H2,(H2,22,23,25,27). The van der Waals surface area contributed by atoms with Gasteiger partial charge in [-0.1, -0.05) is 18.2 Å². The molecule has 0 saturated carbocycles. The topological polar surface area (TPSA) is 102 Å². The second kappa shape index (κ2) is 9.97. The molecule has 1 aliphatic carbocycles. The number of aryl methyl sites for hydroxylation is 2. The minimum absolute atomic E-state index is 0.0144. The summed E-state index contributed by atoms with van der Waals surface area (Å²) in [5.41, 5.74) is 3.08. The van der Waals surface area contributed by atoms with Crippen LogP contribution in [0.3, 0.4) is 0 Å². The van der Waals surface area contributed by atoms with Crippen molar-refractivity contribution >= 4 is 35.0 Å². The lowest BCUT2D eigenvalue weighted by molar-refractivity contribution is -0.148. The lowest BCUT2D eigenvalue weighted by Crippen LogP contribution is -2.41. The maximum atomic E-state index is 12.3. The Morgan fingerprint density at radius 2 is 1.86 bits per heavy atom. The summed E-state index contributed by atoms with van der Waals surface area (Å²) in [5.74, 6) is -1.52. The fraction of sp³-hybridized carbons (Fsp3) is 0.333. The number of thiophene rings is 1. The third kappa shape index (κ3) is 6.25. The summed E-state index contributed by atoms with van der Waals surface area (Å²) >= 11 is 1.49. The van der Waals surface area contributed by atoms with Crippen LogP contribution in [0.2, 0.25) is 0 Å². The van der Waals surface area contributed by atoms with E-state index in [0.29, 0.717) is 12.1 Å². The minimum Gasteiger partial charge on any atom is -0.456 e. The highest BCUT2D eigenvalue weighted by Gasteiger charge is 2.16. The van der Waals surface area contributed by atoms with Crippen LogP contribution in [-0.4, -0.2) is 30.3 Å². The molecule has 0 atom stereocenters. The van der Waals surface area contributed by atoms with Crippen LogP contribution in [0, 0.1) is 0 Å². The molecule has 3 amide bonds. The molecule has 1 aromatic heterocycles. The van der Waals surface area contributed by atoms with Gasteiger partial charge in [-0.2, -0.15) is 0 Å². The van der Waals surface area contributed by atoms with Crippen LogP contribution >= 0.6 is 11.3 Å². The van der Waals surface area contributed by atoms with Gasteiger partial charge in [0.05, 0.1) is 13.0 Å². The number of urea groups is 1. The summed E-state index contributed by atoms with van der Waals surface area (Å²) in [4.78, 5) is 48.3. The van der Waals surface area contributed by atoms with Gasteiger partial charge in [0.1, 0.15) is 0 Å². The maximum Gasteiger partial charge on any atom is 0.321 e. The molecular formula is C21H22N2O5S. The molecule has 0 spiro atoms. The molecule has 3 rings (SSSR count). The van der Waals surface area contributed by atoms with E-state index in [4.69, 9.17) is 4.74 Å². The van der Waals surface area contributed by atoms with E-state index in [1.807, 2.05) is 29.6 Å². The highest BCUT2D eigenvalue weighted by atomic mass is 32.1. The predicted octanol–water partition coefficient (Wildman–Crippen LogP) is 2.77. The Morgan fingerprint density at radius 3 is 2.66 bits per heavy atom. The first-order valence-corrected chi connectivity index (χ1v) is 10.3. The quantitative estimate of drug-likeness (QED) is 0.511. The summed E-state index contributed by atoms with van der Waals surface area (Å²) < 4.78 is 4.83. The van der Waals surface area contributed by atoms with Gasteiger partial charge >= 0.3 is 12.0 Å². The largest absolute Gasteiger partial charge is 0.456 e. The number of amides is 3. The van der Waals surface area contributed by atoms with Gasteiger partial charge in [-0.05, 0) is 47.9 Å². The van der Waals surface area contributed by atoms with Crippen molar-refractivity contribution in [3.63, 3.8) is 0 Å². The Morgan fingerprint density at radius 1 is 1.03 bits per heavy atom. The van der Waals surface area contributed by atoms with E-state index in [1.54, 1.807) is 6.07 Å². The monoisotopic (exact) mass is 414 g/mol. The molecule has 0 unspecified atom stereocenters. The molecule has 29 heavy (non-hydrogen) atoms. The number of rotatable bonds is 8. The van der Waals surface area contributed by atoms with Crippen LogP contribution in [-0.2, 0) is 33.7 Å². The van der Waals surface area contributed by atoms with Gasteiger partial charge in [0, 0.05) is 16.9 Å². The van der Waals surface area contributed by atoms with Crippen LogP contribution in [0.1, 0.15) is 45.6 Å². The van der Waals surface area contributed by atoms with Crippen molar-refractivity contribution in [2.24, 2.45) is 0 Å². The third-order valence-corrected chi connectivity index (χ3v) is 5.47. The van der Waals surface area contributed by atoms with Crippen molar-refractivity contribution in [3.8, 4) is 0 Å². The molecule has 1 aliphatic rings. The summed E-state index contributed by atoms with van der Waals surface area (Å²) in [6.07, 6.45) is 3.03. The zero-order valence-electron chi connectivity index (χ0n) is 15.9. The number of Topliss-reactive ketones (excluding diaryl/α,β-unsaturated/α-hetero) is 1. The Balaban J connectivity index is 1.33. The fourth-order valence-electron chi connectivity index (χ4n) is 3.11. The molecule has 0 saturated heterocycles. The van der Waals surface area contributed by atoms with Gasteiger partial charge < -0.3 is 10.1 Å². The SMILES string of the molecule is O=C(COC(=O)CCC(=O)c1ccc2c(c1)CCC2)NC(=O)NCc1cccs1. The number of ether oxygens (including phenoxy) is 1. The average molecular weight is 414 g/mol. The van der Waals surface area contributed by atoms with Crippen LogP contribution in [0.25, 0.3) is 0 Å². The molecule has 0 fully saturated rings. The summed E-state index contributed by atoms with van der Waals surface area (Å²) in [5, 5.41) is 6.50. The number of nitrogens with one attached hydrogen (secondary N) is 2. The van der Waals surface area contributed by atoms with Crippen LogP contribution in [0.4, 0.5) is 4.79 Å². The number of benzene rings is 1. The number of carbonyl (C=O) groups excluding carboxylic acids is 4. The second-order valence-electron chi connectivity index (χ2n) is 6.73. The van der Waals surface area contributed by atoms with Crippen molar-refractivity contribution < 1.29 is 23.9 Å². The van der Waals surface area contributed by atoms with Crippen molar-refractivity contribution in [2.75, 3.05) is 6.61 Å². The molecule has 8 heteroatoms. The van der Waals surface area contributed by atoms with Gasteiger partial charge in [-0.25, -0.2) is 4.79 Å². The molecule has 7 nitrogen and oxygen atoms in total. The first-order valence-electron chi connectivity index (χ1n) is 9.42. The molecule has 0 aliphatic heterocycles. The van der Waals surface area contributed by atoms with Gasteiger partial charge in [0.2, 0.25) is 0 Å². The number of carbonyl (C=O) groups is 4. The molecule has 152 valence electrons. The number of ketones is 1. The first-order chi connectivity index (χ1) is 14.0. The zero-order chi connectivity index (χ0) is 20.6. The van der Waals surface area contributed by atoms with Gasteiger partial charge in [-0.3, -0.25) is 19.7 Å². The molecule has 2 N–H and O–H groups in total. The van der Waals surface area contributed by atoms with E-state index in [1.165, 1.54) is 22.5 Å². The normalized spacial score (nSPS) is 12.1. The molecule has 0 radical (unpaired) electrons. The van der Waals surface area contributed by atoms with Gasteiger partial charge in [0.25, 0.3) is 5.91 Å². The van der Waals surface area contributed by atoms with Crippen LogP contribution in [0.15, 0.2) is 35.7 Å². The fourth-order valence-corrected chi connectivity index (χ4v) is 3.76. The number of imide groups is 1. The van der Waals surface area contributed by atoms with Gasteiger partial charge in [0.15, 0.2) is 12.4 Å². The Hall–Kier alpha value is -3.00. The predicted molar refractivity (Wildman–Crippen MR) is 108 cm³/mol. The molecule has 2 aromatic rings. The van der Waals surface area contributed by atoms with E-state index < -0.39 is 24.5 Å². The maximum absolute atomic E-state index is 12.3. The van der Waals surface area contributed by atoms with Gasteiger partial charge in [-0.15, -0.1) is 11.3 Å². The Labute approximate surface area is 172 Å². The van der Waals surface area contributed by atoms with Crippen molar-refractivity contribution in [3.05, 3.63) is 57.3 Å². The smallest absolute Gasteiger partial charge is 0.321 e. The summed E-state index contributed by atoms with van der Waals surface area (Å²) in [6, 6.07) is 8.73. The Bertz CT molecular complexity index is 908. The van der Waals surface area contributed by atoms with Crippen LogP contribution in [0.5, 0.6) is 0 Å². The number of hydrogen-bond acceptors (Lipinski definition) is 6.